The Balaban J connectivity index is -0.0000000192. The molecule has 0 aliphatic rings. The first-order valence-corrected chi connectivity index (χ1v) is 3.10. The van der Waals surface area contributed by atoms with Crippen LogP contribution < -0.4 is 0 Å². The molecule has 0 aliphatic carbocycles. The van der Waals surface area contributed by atoms with Crippen molar-refractivity contribution in [3.63, 3.8) is 0 Å². The van der Waals surface area contributed by atoms with Crippen molar-refractivity contribution >= 4 is 74.8 Å². The molecule has 0 rings (SSSR count). The maximum absolute atomic E-state index is 7.17. The van der Waals surface area contributed by atoms with Gasteiger partial charge in [0.15, 0.2) is 0 Å². The monoisotopic (exact) mass is 338 g/mol. The van der Waals surface area contributed by atoms with E-state index in [-0.39, 0.29) is 48.3 Å². The summed E-state index contributed by atoms with van der Waals surface area (Å²) < 4.78 is 0. The van der Waals surface area contributed by atoms with E-state index in [2.05, 4.69) is 0 Å². The summed E-state index contributed by atoms with van der Waals surface area (Å²) in [6.07, 6.45) is 0. The minimum atomic E-state index is -2.17. The summed E-state index contributed by atoms with van der Waals surface area (Å²) >= 11 is 0. The topological polar surface area (TPSA) is 243 Å². The summed E-state index contributed by atoms with van der Waals surface area (Å²) in [6, 6.07) is 0. The Morgan fingerprint density at radius 1 is 0.353 bits per heavy atom. The van der Waals surface area contributed by atoms with Gasteiger partial charge in [0.1, 0.15) is 0 Å². The molecule has 0 saturated heterocycles. The summed E-state index contributed by atoms with van der Waals surface area (Å²) in [5, 5.41) is 86.0. The largest absolute Gasteiger partial charge is 2.00 e. The Bertz CT molecular complexity index is 70.7. The molecule has 0 bridgehead atoms. The third kappa shape index (κ3) is 2530. The smallest absolute Gasteiger partial charge is 1.00 e. The summed E-state index contributed by atoms with van der Waals surface area (Å²) in [4.78, 5) is 0. The van der Waals surface area contributed by atoms with Crippen LogP contribution in [0.3, 0.4) is 0 Å². The molecule has 0 heterocycles. The Morgan fingerprint density at radius 2 is 0.353 bits per heavy atom. The molecule has 17 heavy (non-hydrogen) atoms. The molecule has 0 fully saturated rings. The first kappa shape index (κ1) is 30.9. The number of hydrogen-bond acceptors (Lipinski definition) is 12. The van der Waals surface area contributed by atoms with Gasteiger partial charge in [0.05, 0.1) is 0 Å². The number of hydrogen-bond donors (Lipinski definition) is 12. The van der Waals surface area contributed by atoms with Gasteiger partial charge < -0.3 is 63.1 Å². The second-order valence-electron chi connectivity index (χ2n) is 1.39. The van der Waals surface area contributed by atoms with Gasteiger partial charge in [-0.05, 0) is 0 Å². The molecular formula is H14B4O12Sr. The van der Waals surface area contributed by atoms with Gasteiger partial charge in [-0.3, -0.25) is 0 Å². The molecule has 12 N–H and O–H groups in total. The van der Waals surface area contributed by atoms with Gasteiger partial charge in [-0.25, -0.2) is 0 Å². The van der Waals surface area contributed by atoms with Crippen LogP contribution in [0.1, 0.15) is 2.85 Å². The van der Waals surface area contributed by atoms with Gasteiger partial charge in [-0.1, -0.05) is 0 Å². The fourth-order valence-electron chi connectivity index (χ4n) is 0. The molecule has 0 atom stereocenters. The molecule has 0 aliphatic heterocycles. The third-order valence-corrected chi connectivity index (χ3v) is 0. The zero-order chi connectivity index (χ0) is 14.3. The second kappa shape index (κ2) is 26.0. The molecule has 17 heteroatoms. The summed E-state index contributed by atoms with van der Waals surface area (Å²) in [7, 11) is -8.67. The van der Waals surface area contributed by atoms with Crippen molar-refractivity contribution in [2.45, 2.75) is 0 Å². The predicted molar refractivity (Wildman–Crippen MR) is 57.6 cm³/mol. The van der Waals surface area contributed by atoms with Crippen molar-refractivity contribution < 1.29 is 63.1 Å². The first-order valence-electron chi connectivity index (χ1n) is 3.10. The SMILES string of the molecule is OB(O)O.OB(O)O.OB(O)O.OB(O)O.[H-].[H-].[Sr+2]. The summed E-state index contributed by atoms with van der Waals surface area (Å²) in [6.45, 7) is 0. The molecule has 0 spiro atoms. The molecule has 0 radical (unpaired) electrons. The van der Waals surface area contributed by atoms with Crippen molar-refractivity contribution in [1.82, 2.24) is 0 Å². The van der Waals surface area contributed by atoms with Crippen molar-refractivity contribution in [3.05, 3.63) is 0 Å². The fourth-order valence-corrected chi connectivity index (χ4v) is 0. The standard InChI is InChI=1S/4BH3O3.Sr.2H/c4*2-1(3)4;;;/h4*2-4H;;;/q;;;;+2;2*-1. The van der Waals surface area contributed by atoms with Gasteiger partial charge in [-0.2, -0.15) is 0 Å². The van der Waals surface area contributed by atoms with Crippen LogP contribution in [0.5, 0.6) is 0 Å². The molecule has 0 aromatic carbocycles. The normalized spacial score (nSPS) is 6.35. The zero-order valence-corrected chi connectivity index (χ0v) is 11.9. The fraction of sp³-hybridized carbons (Fsp3) is 0. The molecule has 0 aromatic heterocycles. The van der Waals surface area contributed by atoms with Gasteiger partial charge in [0.25, 0.3) is 0 Å². The Labute approximate surface area is 137 Å². The molecule has 12 nitrogen and oxygen atoms in total. The van der Waals surface area contributed by atoms with E-state index in [4.69, 9.17) is 60.3 Å². The molecule has 0 saturated carbocycles. The van der Waals surface area contributed by atoms with E-state index in [1.165, 1.54) is 0 Å². The molecule has 0 unspecified atom stereocenters. The van der Waals surface area contributed by atoms with E-state index < -0.39 is 29.3 Å². The van der Waals surface area contributed by atoms with Crippen LogP contribution in [0.25, 0.3) is 0 Å². The second-order valence-corrected chi connectivity index (χ2v) is 1.39. The number of rotatable bonds is 0. The van der Waals surface area contributed by atoms with Crippen molar-refractivity contribution in [2.75, 3.05) is 0 Å². The van der Waals surface area contributed by atoms with Crippen LogP contribution in [0.4, 0.5) is 0 Å². The Kier molecular flexibility index (Phi) is 47.2. The average Bonchev–Trinajstić information content (AvgIpc) is 1.76. The summed E-state index contributed by atoms with van der Waals surface area (Å²) in [5.41, 5.74) is 0. The minimum Gasteiger partial charge on any atom is -1.00 e. The van der Waals surface area contributed by atoms with E-state index in [1.807, 2.05) is 0 Å². The predicted octanol–water partition coefficient (Wildman–Crippen LogP) is -8.36. The van der Waals surface area contributed by atoms with Gasteiger partial charge >= 0.3 is 74.8 Å². The van der Waals surface area contributed by atoms with Crippen LogP contribution >= 0.6 is 0 Å². The van der Waals surface area contributed by atoms with E-state index in [9.17, 15) is 0 Å². The minimum absolute atomic E-state index is 0. The average molecular weight is 337 g/mol. The summed E-state index contributed by atoms with van der Waals surface area (Å²) in [5.74, 6) is 0. The maximum Gasteiger partial charge on any atom is 2.00 e. The van der Waals surface area contributed by atoms with Crippen LogP contribution in [0, 0.1) is 0 Å². The van der Waals surface area contributed by atoms with Crippen LogP contribution in [0.15, 0.2) is 0 Å². The van der Waals surface area contributed by atoms with E-state index in [1.54, 1.807) is 0 Å². The van der Waals surface area contributed by atoms with Crippen molar-refractivity contribution in [2.24, 2.45) is 0 Å². The van der Waals surface area contributed by atoms with E-state index >= 15 is 0 Å². The molecule has 0 amide bonds. The third-order valence-electron chi connectivity index (χ3n) is 0. The maximum atomic E-state index is 7.17. The van der Waals surface area contributed by atoms with Crippen LogP contribution in [-0.2, 0) is 0 Å². The van der Waals surface area contributed by atoms with E-state index in [0.717, 1.165) is 0 Å². The van der Waals surface area contributed by atoms with Gasteiger partial charge in [-0.15, -0.1) is 0 Å². The molecule has 0 aromatic rings. The van der Waals surface area contributed by atoms with Gasteiger partial charge in [0, 0.05) is 0 Å². The van der Waals surface area contributed by atoms with Crippen molar-refractivity contribution in [1.29, 1.82) is 0 Å². The quantitative estimate of drug-likeness (QED) is 0.184. The van der Waals surface area contributed by atoms with Crippen LogP contribution in [0.2, 0.25) is 0 Å². The Morgan fingerprint density at radius 3 is 0.353 bits per heavy atom. The Hall–Kier alpha value is 1.26. The van der Waals surface area contributed by atoms with E-state index in [0.29, 0.717) is 0 Å². The zero-order valence-electron chi connectivity index (χ0n) is 10.4. The van der Waals surface area contributed by atoms with Crippen molar-refractivity contribution in [3.8, 4) is 0 Å². The van der Waals surface area contributed by atoms with Crippen LogP contribution in [-0.4, -0.2) is 135 Å². The van der Waals surface area contributed by atoms with Gasteiger partial charge in [0.2, 0.25) is 0 Å². The first-order chi connectivity index (χ1) is 6.93. The molecular weight excluding hydrogens is 323 g/mol. The molecule has 100 valence electrons.